The predicted molar refractivity (Wildman–Crippen MR) is 406 cm³/mol. The van der Waals surface area contributed by atoms with Crippen LogP contribution in [0.1, 0.15) is 252 Å². The summed E-state index contributed by atoms with van der Waals surface area (Å²) in [5.74, 6) is -7.70. The summed E-state index contributed by atoms with van der Waals surface area (Å²) in [7, 11) is 0. The van der Waals surface area contributed by atoms with E-state index in [2.05, 4.69) is 29.8 Å². The minimum absolute atomic E-state index is 0.135. The lowest BCUT2D eigenvalue weighted by Gasteiger charge is -2.52. The lowest BCUT2D eigenvalue weighted by molar-refractivity contribution is -0.403. The molecule has 0 saturated carbocycles. The van der Waals surface area contributed by atoms with E-state index in [4.69, 9.17) is 47.4 Å². The number of unbranched alkanes of at least 4 members (excludes halogenated alkanes) is 31. The van der Waals surface area contributed by atoms with Crippen molar-refractivity contribution in [2.75, 3.05) is 39.6 Å². The molecule has 5 saturated heterocycles. The van der Waals surface area contributed by atoms with Crippen molar-refractivity contribution in [2.24, 2.45) is 0 Å². The minimum Gasteiger partial charge on any atom is -0.477 e. The molecule has 23 unspecified atom stereocenters. The van der Waals surface area contributed by atoms with Gasteiger partial charge >= 0.3 is 5.97 Å². The van der Waals surface area contributed by atoms with E-state index in [0.29, 0.717) is 12.8 Å². The third-order valence-corrected chi connectivity index (χ3v) is 22.1. The van der Waals surface area contributed by atoms with Crippen molar-refractivity contribution < 1.29 is 153 Å². The number of ether oxygens (including phenoxy) is 10. The number of nitrogens with one attached hydrogen (secondary N) is 3. The molecule has 0 aromatic carbocycles. The van der Waals surface area contributed by atoms with E-state index in [9.17, 15) is 106 Å². The molecular formula is C79H143N3O31. The van der Waals surface area contributed by atoms with Crippen LogP contribution in [0.4, 0.5) is 0 Å². The Bertz CT molecular complexity index is 2610. The Morgan fingerprint density at radius 1 is 0.460 bits per heavy atom. The van der Waals surface area contributed by atoms with E-state index in [0.717, 1.165) is 71.6 Å². The summed E-state index contributed by atoms with van der Waals surface area (Å²) in [5.41, 5.74) is 0. The number of aliphatic hydroxyl groups excluding tert-OH is 16. The number of carbonyl (C=O) groups excluding carboxylic acids is 3. The van der Waals surface area contributed by atoms with Crippen molar-refractivity contribution in [1.82, 2.24) is 16.0 Å². The smallest absolute Gasteiger partial charge is 0.364 e. The Morgan fingerprint density at radius 2 is 0.876 bits per heavy atom. The summed E-state index contributed by atoms with van der Waals surface area (Å²) in [6, 6.07) is -4.81. The average Bonchev–Trinajstić information content (AvgIpc) is 0.748. The summed E-state index contributed by atoms with van der Waals surface area (Å²) in [6.45, 7) is 0.356. The number of hydrogen-bond acceptors (Lipinski definition) is 30. The van der Waals surface area contributed by atoms with Gasteiger partial charge in [0.2, 0.25) is 17.7 Å². The second-order valence-corrected chi connectivity index (χ2v) is 31.4. The first kappa shape index (κ1) is 100. The van der Waals surface area contributed by atoms with Crippen LogP contribution in [-0.4, -0.2) is 321 Å². The minimum atomic E-state index is -3.38. The van der Waals surface area contributed by atoms with E-state index in [1.165, 1.54) is 141 Å². The molecular weight excluding hydrogens is 1490 g/mol. The first-order chi connectivity index (χ1) is 54.3. The maximum absolute atomic E-state index is 13.8. The number of rotatable bonds is 58. The van der Waals surface area contributed by atoms with Crippen molar-refractivity contribution in [3.05, 3.63) is 12.2 Å². The topological polar surface area (TPSA) is 541 Å². The van der Waals surface area contributed by atoms with E-state index >= 15 is 0 Å². The first-order valence-corrected chi connectivity index (χ1v) is 42.1. The molecule has 20 N–H and O–H groups in total. The van der Waals surface area contributed by atoms with Gasteiger partial charge in [0.25, 0.3) is 5.79 Å². The summed E-state index contributed by atoms with van der Waals surface area (Å²) >= 11 is 0. The molecule has 34 heteroatoms. The van der Waals surface area contributed by atoms with Crippen LogP contribution in [0.3, 0.4) is 0 Å². The molecule has 660 valence electrons. The zero-order valence-corrected chi connectivity index (χ0v) is 67.1. The quantitative estimate of drug-likeness (QED) is 0.0301. The molecule has 5 aliphatic heterocycles. The molecule has 3 amide bonds. The lowest BCUT2D eigenvalue weighted by atomic mass is 9.88. The molecule has 0 aromatic rings. The van der Waals surface area contributed by atoms with Gasteiger partial charge in [-0.05, 0) is 19.3 Å². The molecule has 34 nitrogen and oxygen atoms in total. The molecule has 28 atom stereocenters. The van der Waals surface area contributed by atoms with Crippen LogP contribution in [0.2, 0.25) is 0 Å². The number of carbonyl (C=O) groups is 4. The first-order valence-electron chi connectivity index (χ1n) is 42.1. The molecule has 5 rings (SSSR count). The molecule has 0 aromatic heterocycles. The fraction of sp³-hybridized carbons (Fsp3) is 0.924. The highest BCUT2D eigenvalue weighted by molar-refractivity contribution is 5.77. The number of aliphatic hydroxyl groups is 16. The zero-order valence-electron chi connectivity index (χ0n) is 67.1. The average molecular weight is 1630 g/mol. The van der Waals surface area contributed by atoms with Gasteiger partial charge in [-0.2, -0.15) is 0 Å². The summed E-state index contributed by atoms with van der Waals surface area (Å²) in [6.07, 6.45) is -8.42. The third kappa shape index (κ3) is 32.6. The van der Waals surface area contributed by atoms with Crippen molar-refractivity contribution in [3.63, 3.8) is 0 Å². The van der Waals surface area contributed by atoms with Crippen LogP contribution in [0.15, 0.2) is 12.2 Å². The lowest BCUT2D eigenvalue weighted by Crippen LogP contribution is -2.72. The van der Waals surface area contributed by atoms with E-state index in [1.807, 2.05) is 6.08 Å². The van der Waals surface area contributed by atoms with Crippen LogP contribution >= 0.6 is 0 Å². The summed E-state index contributed by atoms with van der Waals surface area (Å²) < 4.78 is 60.2. The maximum atomic E-state index is 13.8. The van der Waals surface area contributed by atoms with Gasteiger partial charge in [0.15, 0.2) is 25.2 Å². The number of hydrogen-bond donors (Lipinski definition) is 20. The fourth-order valence-corrected chi connectivity index (χ4v) is 15.4. The Labute approximate surface area is 665 Å². The van der Waals surface area contributed by atoms with Crippen LogP contribution < -0.4 is 16.0 Å². The third-order valence-electron chi connectivity index (χ3n) is 22.1. The van der Waals surface area contributed by atoms with Gasteiger partial charge in [-0.15, -0.1) is 0 Å². The zero-order chi connectivity index (χ0) is 83.0. The molecule has 113 heavy (non-hydrogen) atoms. The van der Waals surface area contributed by atoms with Gasteiger partial charge in [-0.3, -0.25) is 14.4 Å². The SMILES string of the molecule is CCCCCCCCCCCCC/C=C/C(O)C(COC1OC(CO)C(OC2OC(CO)C(OC3OC(CO)C(O)C(OC4OC(CO)C(O)C(O)[C@H]4O)C3NC(C)=O)C(O[C@]3(C(=O)O)CC(O)[C@@H](NC(C)=O)C([C@@H](O)[C@@H](O)CO)O3)C2O)C(O)C1O)NC(=O)CCCCCCCCCCCCCCCCCCCCCCC. The Morgan fingerprint density at radius 3 is 1.36 bits per heavy atom. The number of carboxylic acid groups (broad SMARTS) is 1. The van der Waals surface area contributed by atoms with Crippen LogP contribution in [-0.2, 0) is 66.5 Å². The Kier molecular flexibility index (Phi) is 48.5. The largest absolute Gasteiger partial charge is 0.477 e. The second-order valence-electron chi connectivity index (χ2n) is 31.4. The Balaban J connectivity index is 1.34. The predicted octanol–water partition coefficient (Wildman–Crippen LogP) is 1.30. The number of carboxylic acids is 1. The van der Waals surface area contributed by atoms with E-state index < -0.39 is 235 Å². The molecule has 0 aliphatic carbocycles. The highest BCUT2D eigenvalue weighted by Crippen LogP contribution is 2.41. The molecule has 0 radical (unpaired) electrons. The fourth-order valence-electron chi connectivity index (χ4n) is 15.4. The summed E-state index contributed by atoms with van der Waals surface area (Å²) in [4.78, 5) is 53.1. The highest BCUT2D eigenvalue weighted by Gasteiger charge is 2.62. The van der Waals surface area contributed by atoms with Crippen molar-refractivity contribution >= 4 is 23.7 Å². The van der Waals surface area contributed by atoms with Crippen molar-refractivity contribution in [2.45, 2.75) is 424 Å². The molecule has 5 heterocycles. The van der Waals surface area contributed by atoms with Gasteiger partial charge in [-0.1, -0.05) is 219 Å². The molecule has 0 spiro atoms. The second kappa shape index (κ2) is 54.7. The van der Waals surface area contributed by atoms with E-state index in [1.54, 1.807) is 6.08 Å². The standard InChI is InChI=1S/C79H143N3O31/c1-5-7-9-11-13-15-17-19-20-21-22-23-24-25-26-28-30-32-34-36-38-40-58(93)82-50(51(90)39-37-35-33-31-29-27-18-16-14-12-10-8-6-2)47-104-75-67(100)65(98)69(56(45-86)107-75)109-77-68(101)73(113-79(78(102)103)41-52(91)59(80-48(3)88)72(112-79)61(94)53(92)42-83)70(57(46-87)108-77)110-74-60(81-49(4)89)71(63(96)55(44-85)105-74)111-76-66(99)64(97)62(95)54(43-84)106-76/h37,39,50-57,59-77,83-87,90-92,94-101H,5-36,38,40-47H2,1-4H3,(H,80,88)(H,81,89)(H,82,93)(H,102,103)/b39-37+/t50?,51?,52?,53-,54?,55?,56?,57?,59+,60?,61-,62?,63?,64?,65?,66+,67?,68?,69?,70?,71?,72?,73?,74?,75?,76?,77?,79-/m0/s1. The van der Waals surface area contributed by atoms with Crippen LogP contribution in [0, 0.1) is 0 Å². The summed E-state index contributed by atoms with van der Waals surface area (Å²) in [5, 5.41) is 197. The van der Waals surface area contributed by atoms with Crippen LogP contribution in [0.5, 0.6) is 0 Å². The number of allylic oxidation sites excluding steroid dienone is 1. The van der Waals surface area contributed by atoms with Crippen LogP contribution in [0.25, 0.3) is 0 Å². The molecule has 5 aliphatic rings. The monoisotopic (exact) mass is 1630 g/mol. The number of amides is 3. The highest BCUT2D eigenvalue weighted by atomic mass is 16.8. The van der Waals surface area contributed by atoms with Gasteiger partial charge < -0.3 is 150 Å². The normalized spacial score (nSPS) is 33.4. The van der Waals surface area contributed by atoms with Gasteiger partial charge in [-0.25, -0.2) is 4.79 Å². The van der Waals surface area contributed by atoms with Gasteiger partial charge in [0, 0.05) is 26.7 Å². The number of aliphatic carboxylic acids is 1. The Hall–Kier alpha value is -3.42. The van der Waals surface area contributed by atoms with Crippen molar-refractivity contribution in [1.29, 1.82) is 0 Å². The maximum Gasteiger partial charge on any atom is 0.364 e. The van der Waals surface area contributed by atoms with Crippen molar-refractivity contribution in [3.8, 4) is 0 Å². The van der Waals surface area contributed by atoms with Gasteiger partial charge in [0.05, 0.1) is 63.9 Å². The molecule has 0 bridgehead atoms. The van der Waals surface area contributed by atoms with Gasteiger partial charge in [0.1, 0.15) is 116 Å². The van der Waals surface area contributed by atoms with E-state index in [-0.39, 0.29) is 12.3 Å². The molecule has 5 fully saturated rings.